The summed E-state index contributed by atoms with van der Waals surface area (Å²) in [7, 11) is 1.53. The lowest BCUT2D eigenvalue weighted by Gasteiger charge is -2.39. The van der Waals surface area contributed by atoms with Crippen molar-refractivity contribution in [3.63, 3.8) is 0 Å². The first-order valence-corrected chi connectivity index (χ1v) is 15.2. The molecular weight excluding hydrogens is 574 g/mol. The van der Waals surface area contributed by atoms with Gasteiger partial charge in [0.1, 0.15) is 17.7 Å². The molecule has 0 saturated carbocycles. The van der Waals surface area contributed by atoms with Crippen molar-refractivity contribution in [2.75, 3.05) is 26.8 Å². The van der Waals surface area contributed by atoms with Crippen LogP contribution in [-0.2, 0) is 33.8 Å². The van der Waals surface area contributed by atoms with E-state index in [1.807, 2.05) is 61.5 Å². The van der Waals surface area contributed by atoms with E-state index >= 15 is 0 Å². The number of methoxy groups -OCH3 is 1. The number of aryl methyl sites for hydroxylation is 2. The fourth-order valence-electron chi connectivity index (χ4n) is 5.80. The minimum Gasteiger partial charge on any atom is -0.493 e. The summed E-state index contributed by atoms with van der Waals surface area (Å²) >= 11 is 0. The second kappa shape index (κ2) is 13.3. The smallest absolute Gasteiger partial charge is 0.258 e. The quantitative estimate of drug-likeness (QED) is 0.324. The maximum absolute atomic E-state index is 13.4. The van der Waals surface area contributed by atoms with E-state index in [0.29, 0.717) is 56.1 Å². The van der Waals surface area contributed by atoms with Crippen LogP contribution >= 0.6 is 0 Å². The molecule has 11 heteroatoms. The third-order valence-corrected chi connectivity index (χ3v) is 8.20. The van der Waals surface area contributed by atoms with Crippen molar-refractivity contribution in [1.29, 1.82) is 0 Å². The van der Waals surface area contributed by atoms with E-state index in [9.17, 15) is 14.4 Å². The van der Waals surface area contributed by atoms with Gasteiger partial charge in [-0.3, -0.25) is 14.4 Å². The molecule has 9 rings (SSSR count). The Morgan fingerprint density at radius 3 is 2.67 bits per heavy atom. The molecule has 234 valence electrons. The van der Waals surface area contributed by atoms with E-state index in [1.165, 1.54) is 7.11 Å². The largest absolute Gasteiger partial charge is 0.493 e. The molecular formula is C34H37N5O6. The summed E-state index contributed by atoms with van der Waals surface area (Å²) in [5.74, 6) is 1.95. The van der Waals surface area contributed by atoms with Crippen molar-refractivity contribution >= 4 is 28.8 Å². The van der Waals surface area contributed by atoms with Gasteiger partial charge in [0.25, 0.3) is 5.91 Å². The summed E-state index contributed by atoms with van der Waals surface area (Å²) in [6.45, 7) is 2.85. The van der Waals surface area contributed by atoms with Crippen molar-refractivity contribution in [3.05, 3.63) is 83.2 Å². The van der Waals surface area contributed by atoms with Crippen LogP contribution in [0.1, 0.15) is 35.4 Å². The molecule has 3 N–H and O–H groups in total. The molecule has 4 aromatic rings. The summed E-state index contributed by atoms with van der Waals surface area (Å²) in [4.78, 5) is 48.5. The van der Waals surface area contributed by atoms with E-state index < -0.39 is 6.04 Å². The molecule has 6 heterocycles. The maximum atomic E-state index is 13.4. The molecule has 5 aliphatic rings. The van der Waals surface area contributed by atoms with Gasteiger partial charge >= 0.3 is 0 Å². The molecule has 1 fully saturated rings. The van der Waals surface area contributed by atoms with Gasteiger partial charge in [-0.1, -0.05) is 24.3 Å². The van der Waals surface area contributed by atoms with E-state index in [0.717, 1.165) is 33.5 Å². The Kier molecular flexibility index (Phi) is 8.86. The predicted molar refractivity (Wildman–Crippen MR) is 167 cm³/mol. The van der Waals surface area contributed by atoms with E-state index in [-0.39, 0.29) is 36.9 Å². The molecule has 1 aromatic heterocycles. The van der Waals surface area contributed by atoms with Crippen LogP contribution in [0.15, 0.2) is 60.7 Å². The molecule has 11 nitrogen and oxygen atoms in total. The van der Waals surface area contributed by atoms with Gasteiger partial charge in [-0.2, -0.15) is 0 Å². The first-order chi connectivity index (χ1) is 21.8. The number of carbonyl (C=O) groups is 3. The summed E-state index contributed by atoms with van der Waals surface area (Å²) in [5, 5.41) is 6.02. The first-order valence-electron chi connectivity index (χ1n) is 15.2. The molecule has 0 radical (unpaired) electrons. The number of rotatable bonds is 3. The Morgan fingerprint density at radius 1 is 1.02 bits per heavy atom. The Balaban J connectivity index is 1.19. The lowest BCUT2D eigenvalue weighted by atomic mass is 10.0. The highest BCUT2D eigenvalue weighted by Crippen LogP contribution is 2.29. The molecule has 5 aliphatic heterocycles. The standard InChI is InChI=1S/C34H37N5O6/c1-21-36-26-10-5-24(15-27(26)37-21)17-34(42)39-14-13-29-28(19-39)38-33(41)20-44-30-11-6-22(16-31(30)43-2)7-12-32(40)35-18-23-3-8-25(45-29)9-4-23/h3-6,8-11,15-16,28-29H,7,12-14,17-20H2,1-2H3,(H,35,40)(H,36,37)(H,38,41)/t28-,29-/m1/s1. The number of ether oxygens (including phenoxy) is 3. The van der Waals surface area contributed by atoms with Crippen LogP contribution in [0.5, 0.6) is 17.2 Å². The van der Waals surface area contributed by atoms with Crippen molar-refractivity contribution in [2.24, 2.45) is 0 Å². The Morgan fingerprint density at radius 2 is 1.84 bits per heavy atom. The second-order valence-corrected chi connectivity index (χ2v) is 11.5. The number of carbonyl (C=O) groups excluding carboxylic acids is 3. The van der Waals surface area contributed by atoms with E-state index in [2.05, 4.69) is 20.6 Å². The minimum absolute atomic E-state index is 0.0304. The number of hydrogen-bond acceptors (Lipinski definition) is 7. The van der Waals surface area contributed by atoms with Gasteiger partial charge in [-0.15, -0.1) is 0 Å². The molecule has 0 unspecified atom stereocenters. The van der Waals surface area contributed by atoms with Crippen molar-refractivity contribution < 1.29 is 28.6 Å². The summed E-state index contributed by atoms with van der Waals surface area (Å²) in [5.41, 5.74) is 4.51. The van der Waals surface area contributed by atoms with Crippen LogP contribution in [-0.4, -0.2) is 71.5 Å². The maximum Gasteiger partial charge on any atom is 0.258 e. The molecule has 45 heavy (non-hydrogen) atoms. The minimum atomic E-state index is -0.467. The van der Waals surface area contributed by atoms with E-state index in [1.54, 1.807) is 11.0 Å². The van der Waals surface area contributed by atoms with Crippen LogP contribution in [0.25, 0.3) is 11.0 Å². The number of nitrogens with zero attached hydrogens (tertiary/aromatic N) is 2. The monoisotopic (exact) mass is 611 g/mol. The third-order valence-electron chi connectivity index (χ3n) is 8.20. The van der Waals surface area contributed by atoms with Crippen molar-refractivity contribution in [3.8, 4) is 17.2 Å². The molecule has 3 amide bonds. The van der Waals surface area contributed by atoms with Crippen LogP contribution in [0.3, 0.4) is 0 Å². The average molecular weight is 612 g/mol. The molecule has 0 spiro atoms. The number of H-pyrrole nitrogens is 1. The third kappa shape index (κ3) is 7.36. The summed E-state index contributed by atoms with van der Waals surface area (Å²) < 4.78 is 17.7. The van der Waals surface area contributed by atoms with Gasteiger partial charge in [-0.05, 0) is 66.4 Å². The van der Waals surface area contributed by atoms with Gasteiger partial charge in [0.2, 0.25) is 11.8 Å². The molecule has 3 aromatic carbocycles. The number of piperidine rings is 1. The average Bonchev–Trinajstić information content (AvgIpc) is 3.42. The van der Waals surface area contributed by atoms with Crippen LogP contribution in [0.4, 0.5) is 0 Å². The lowest BCUT2D eigenvalue weighted by Crippen LogP contribution is -2.58. The summed E-state index contributed by atoms with van der Waals surface area (Å²) in [6, 6.07) is 18.3. The molecule has 0 aliphatic carbocycles. The number of fused-ring (bicyclic) bond motifs is 1. The van der Waals surface area contributed by atoms with Gasteiger partial charge in [0, 0.05) is 32.5 Å². The number of aromatic nitrogens is 2. The van der Waals surface area contributed by atoms with Crippen molar-refractivity contribution in [1.82, 2.24) is 25.5 Å². The van der Waals surface area contributed by atoms with Crippen LogP contribution in [0.2, 0.25) is 0 Å². The number of imidazole rings is 1. The Labute approximate surface area is 261 Å². The van der Waals surface area contributed by atoms with Gasteiger partial charge in [-0.25, -0.2) is 4.98 Å². The van der Waals surface area contributed by atoms with Crippen LogP contribution in [0, 0.1) is 6.92 Å². The predicted octanol–water partition coefficient (Wildman–Crippen LogP) is 3.23. The SMILES string of the molecule is COc1cc2ccc1OCC(=O)N[C@@H]1CN(C(=O)Cc3ccc4nc(C)[nH]c4c3)CC[C@H]1Oc1ccc(cc1)CNC(=O)CC2. The highest BCUT2D eigenvalue weighted by Gasteiger charge is 2.34. The molecule has 1 saturated heterocycles. The van der Waals surface area contributed by atoms with Gasteiger partial charge in [0.15, 0.2) is 18.1 Å². The zero-order valence-electron chi connectivity index (χ0n) is 25.4. The zero-order chi connectivity index (χ0) is 31.3. The van der Waals surface area contributed by atoms with Gasteiger partial charge in [0.05, 0.1) is 30.6 Å². The summed E-state index contributed by atoms with van der Waals surface area (Å²) in [6.07, 6.45) is 1.26. The Bertz CT molecular complexity index is 1700. The number of aromatic amines is 1. The lowest BCUT2D eigenvalue weighted by molar-refractivity contribution is -0.135. The Hall–Kier alpha value is -5.06. The number of benzene rings is 3. The molecule has 2 atom stereocenters. The highest BCUT2D eigenvalue weighted by molar-refractivity contribution is 5.82. The highest BCUT2D eigenvalue weighted by atomic mass is 16.5. The van der Waals surface area contributed by atoms with Crippen molar-refractivity contribution in [2.45, 2.75) is 51.3 Å². The number of likely N-dealkylation sites (tertiary alicyclic amines) is 1. The fraction of sp³-hybridized carbons (Fsp3) is 0.353. The number of amides is 3. The van der Waals surface area contributed by atoms with Crippen LogP contribution < -0.4 is 24.8 Å². The fourth-order valence-corrected chi connectivity index (χ4v) is 5.80. The number of nitrogens with one attached hydrogen (secondary N) is 3. The second-order valence-electron chi connectivity index (χ2n) is 11.5. The number of hydrogen-bond donors (Lipinski definition) is 3. The zero-order valence-corrected chi connectivity index (χ0v) is 25.4. The van der Waals surface area contributed by atoms with Gasteiger partial charge < -0.3 is 34.7 Å². The molecule has 4 bridgehead atoms. The topological polar surface area (TPSA) is 135 Å². The normalized spacial score (nSPS) is 19.2. The first kappa shape index (κ1) is 30.0. The van der Waals surface area contributed by atoms with E-state index in [4.69, 9.17) is 14.2 Å².